The number of rotatable bonds is 9. The highest BCUT2D eigenvalue weighted by Crippen LogP contribution is 2.74. The molecule has 4 aliphatic carbocycles. The summed E-state index contributed by atoms with van der Waals surface area (Å²) in [4.78, 5) is 52.4. The zero-order valence-electron chi connectivity index (χ0n) is 29.0. The van der Waals surface area contributed by atoms with Gasteiger partial charge in [0.2, 0.25) is 0 Å². The maximum atomic E-state index is 14.6. The van der Waals surface area contributed by atoms with Crippen LogP contribution >= 0.6 is 0 Å². The molecular formula is C36H56O9. The van der Waals surface area contributed by atoms with Gasteiger partial charge in [0, 0.05) is 42.9 Å². The average Bonchev–Trinajstić information content (AvgIpc) is 3.10. The summed E-state index contributed by atoms with van der Waals surface area (Å²) in [5.74, 6) is -2.63. The van der Waals surface area contributed by atoms with Gasteiger partial charge in [-0.2, -0.15) is 0 Å². The molecule has 0 radical (unpaired) electrons. The Hall–Kier alpha value is -2.10. The Balaban J connectivity index is 1.70. The largest absolute Gasteiger partial charge is 0.460 e. The SMILES string of the molecule is CCCC(=O)O[C@H]1C[C@@H]2C(=CC[C@@H]3[C@@]2(C)C(=O)C[C@]2(C)[C@@H]([C@@](C)(O)C(=O)CCC(C)(C)OC(C)=O)[C@H](O)C[C@@]32C)C(C)(C)[C@@H]1O. The number of Topliss-reactive ketones (excluding diaryl/α,β-unsaturated/α-hetero) is 2. The first-order valence-corrected chi connectivity index (χ1v) is 16.8. The molecule has 3 fully saturated rings. The van der Waals surface area contributed by atoms with Gasteiger partial charge in [-0.3, -0.25) is 19.2 Å². The second kappa shape index (κ2) is 11.6. The van der Waals surface area contributed by atoms with E-state index in [1.807, 2.05) is 34.6 Å². The van der Waals surface area contributed by atoms with Crippen LogP contribution < -0.4 is 0 Å². The molecule has 0 unspecified atom stereocenters. The number of allylic oxidation sites excluding steroid dienone is 1. The highest BCUT2D eigenvalue weighted by atomic mass is 16.6. The van der Waals surface area contributed by atoms with Crippen molar-refractivity contribution >= 4 is 23.5 Å². The maximum absolute atomic E-state index is 14.6. The lowest BCUT2D eigenvalue weighted by Crippen LogP contribution is -2.66. The zero-order chi connectivity index (χ0) is 34.1. The Morgan fingerprint density at radius 2 is 1.64 bits per heavy atom. The molecule has 4 rings (SSSR count). The number of ether oxygens (including phenoxy) is 2. The van der Waals surface area contributed by atoms with Gasteiger partial charge in [-0.1, -0.05) is 53.2 Å². The lowest BCUT2D eigenvalue weighted by Gasteiger charge is -2.65. The summed E-state index contributed by atoms with van der Waals surface area (Å²) in [6, 6.07) is 0. The molecule has 0 spiro atoms. The second-order valence-corrected chi connectivity index (χ2v) is 16.6. The topological polar surface area (TPSA) is 147 Å². The first-order valence-electron chi connectivity index (χ1n) is 16.8. The zero-order valence-corrected chi connectivity index (χ0v) is 29.0. The summed E-state index contributed by atoms with van der Waals surface area (Å²) in [7, 11) is 0. The van der Waals surface area contributed by atoms with Crippen molar-refractivity contribution in [3.8, 4) is 0 Å². The van der Waals surface area contributed by atoms with Gasteiger partial charge in [-0.15, -0.1) is 0 Å². The van der Waals surface area contributed by atoms with Gasteiger partial charge in [0.05, 0.1) is 12.2 Å². The third kappa shape index (κ3) is 5.52. The Labute approximate surface area is 268 Å². The van der Waals surface area contributed by atoms with Crippen molar-refractivity contribution < 1.29 is 44.0 Å². The van der Waals surface area contributed by atoms with Gasteiger partial charge in [-0.25, -0.2) is 0 Å². The molecule has 3 saturated carbocycles. The standard InChI is InChI=1S/C36H56O9/c1-11-12-28(41)44-24-17-22-21(32(5,6)30(24)42)13-14-25-33(7)18-23(38)29(34(33,8)19-27(40)35(22,25)9)36(10,43)26(39)15-16-31(3,4)45-20(2)37/h13,22-25,29-30,38,42-43H,11-12,14-19H2,1-10H3/t22-,23-,24+,25+,29+,30-,33+,34-,35+,36+/m1/s1. The highest BCUT2D eigenvalue weighted by molar-refractivity contribution is 5.90. The van der Waals surface area contributed by atoms with Crippen LogP contribution in [0.3, 0.4) is 0 Å². The van der Waals surface area contributed by atoms with Gasteiger partial charge in [0.1, 0.15) is 23.1 Å². The van der Waals surface area contributed by atoms with E-state index in [9.17, 15) is 34.5 Å². The molecule has 0 aliphatic heterocycles. The molecule has 0 aromatic heterocycles. The van der Waals surface area contributed by atoms with Crippen LogP contribution in [0, 0.1) is 39.4 Å². The molecule has 10 atom stereocenters. The predicted molar refractivity (Wildman–Crippen MR) is 168 cm³/mol. The first-order chi connectivity index (χ1) is 20.5. The van der Waals surface area contributed by atoms with Crippen LogP contribution in [-0.2, 0) is 28.7 Å². The normalized spacial score (nSPS) is 40.3. The summed E-state index contributed by atoms with van der Waals surface area (Å²) >= 11 is 0. The van der Waals surface area contributed by atoms with Gasteiger partial charge in [-0.05, 0) is 75.5 Å². The molecule has 4 aliphatic rings. The van der Waals surface area contributed by atoms with Gasteiger partial charge < -0.3 is 24.8 Å². The van der Waals surface area contributed by atoms with Crippen LogP contribution in [0.5, 0.6) is 0 Å². The van der Waals surface area contributed by atoms with E-state index in [2.05, 4.69) is 13.0 Å². The molecule has 0 aromatic carbocycles. The lowest BCUT2D eigenvalue weighted by atomic mass is 9.38. The highest BCUT2D eigenvalue weighted by Gasteiger charge is 2.74. The molecule has 45 heavy (non-hydrogen) atoms. The minimum atomic E-state index is -1.92. The van der Waals surface area contributed by atoms with E-state index in [0.717, 1.165) is 5.57 Å². The van der Waals surface area contributed by atoms with Crippen LogP contribution in [-0.4, -0.2) is 68.3 Å². The number of carbonyl (C=O) groups excluding carboxylic acids is 4. The van der Waals surface area contributed by atoms with Crippen molar-refractivity contribution in [1.82, 2.24) is 0 Å². The van der Waals surface area contributed by atoms with E-state index < -0.39 is 68.8 Å². The van der Waals surface area contributed by atoms with Crippen molar-refractivity contribution in [3.63, 3.8) is 0 Å². The first kappa shape index (κ1) is 35.7. The van der Waals surface area contributed by atoms with E-state index in [1.54, 1.807) is 13.8 Å². The number of aliphatic hydroxyl groups excluding tert-OH is 2. The minimum absolute atomic E-state index is 0.00670. The predicted octanol–water partition coefficient (Wildman–Crippen LogP) is 4.87. The third-order valence-corrected chi connectivity index (χ3v) is 12.9. The molecule has 0 bridgehead atoms. The van der Waals surface area contributed by atoms with E-state index in [-0.39, 0.29) is 49.3 Å². The number of aliphatic hydroxyl groups is 3. The fourth-order valence-corrected chi connectivity index (χ4v) is 10.4. The number of hydrogen-bond donors (Lipinski definition) is 3. The van der Waals surface area contributed by atoms with E-state index >= 15 is 0 Å². The third-order valence-electron chi connectivity index (χ3n) is 12.9. The van der Waals surface area contributed by atoms with E-state index in [1.165, 1.54) is 13.8 Å². The molecule has 0 amide bonds. The summed E-state index contributed by atoms with van der Waals surface area (Å²) in [5, 5.41) is 35.0. The minimum Gasteiger partial charge on any atom is -0.460 e. The van der Waals surface area contributed by atoms with E-state index in [4.69, 9.17) is 9.47 Å². The molecule has 9 nitrogen and oxygen atoms in total. The van der Waals surface area contributed by atoms with E-state index in [0.29, 0.717) is 25.7 Å². The number of fused-ring (bicyclic) bond motifs is 5. The van der Waals surface area contributed by atoms with Crippen LogP contribution in [0.4, 0.5) is 0 Å². The van der Waals surface area contributed by atoms with Crippen LogP contribution in [0.1, 0.15) is 121 Å². The summed E-state index contributed by atoms with van der Waals surface area (Å²) < 4.78 is 11.2. The van der Waals surface area contributed by atoms with Crippen molar-refractivity contribution in [2.75, 3.05) is 0 Å². The fraction of sp³-hybridized carbons (Fsp3) is 0.833. The second-order valence-electron chi connectivity index (χ2n) is 16.6. The monoisotopic (exact) mass is 632 g/mol. The Morgan fingerprint density at radius 3 is 2.22 bits per heavy atom. The summed E-state index contributed by atoms with van der Waals surface area (Å²) in [6.45, 7) is 18.0. The fourth-order valence-electron chi connectivity index (χ4n) is 10.4. The molecular weight excluding hydrogens is 576 g/mol. The summed E-state index contributed by atoms with van der Waals surface area (Å²) in [5.41, 5.74) is -4.89. The van der Waals surface area contributed by atoms with Crippen molar-refractivity contribution in [1.29, 1.82) is 0 Å². The molecule has 254 valence electrons. The Morgan fingerprint density at radius 1 is 1.02 bits per heavy atom. The Kier molecular flexibility index (Phi) is 9.18. The number of esters is 2. The van der Waals surface area contributed by atoms with Gasteiger partial charge in [0.15, 0.2) is 5.78 Å². The molecule has 0 aromatic rings. The number of carbonyl (C=O) groups is 4. The van der Waals surface area contributed by atoms with Crippen LogP contribution in [0.2, 0.25) is 0 Å². The number of hydrogen-bond acceptors (Lipinski definition) is 9. The van der Waals surface area contributed by atoms with Crippen LogP contribution in [0.15, 0.2) is 11.6 Å². The van der Waals surface area contributed by atoms with Crippen molar-refractivity contribution in [2.24, 2.45) is 39.4 Å². The van der Waals surface area contributed by atoms with Gasteiger partial charge >= 0.3 is 11.9 Å². The molecule has 9 heteroatoms. The van der Waals surface area contributed by atoms with Crippen LogP contribution in [0.25, 0.3) is 0 Å². The molecule has 0 saturated heterocycles. The lowest BCUT2D eigenvalue weighted by molar-refractivity contribution is -0.191. The maximum Gasteiger partial charge on any atom is 0.306 e. The quantitative estimate of drug-likeness (QED) is 0.239. The van der Waals surface area contributed by atoms with Crippen molar-refractivity contribution in [2.45, 2.75) is 150 Å². The molecule has 3 N–H and O–H groups in total. The number of ketones is 2. The average molecular weight is 633 g/mol. The smallest absolute Gasteiger partial charge is 0.306 e. The van der Waals surface area contributed by atoms with Gasteiger partial charge in [0.25, 0.3) is 0 Å². The summed E-state index contributed by atoms with van der Waals surface area (Å²) in [6.07, 6.45) is 1.80. The molecule has 0 heterocycles. The van der Waals surface area contributed by atoms with Crippen molar-refractivity contribution in [3.05, 3.63) is 11.6 Å². The Bertz CT molecular complexity index is 1260.